The van der Waals surface area contributed by atoms with Gasteiger partial charge in [-0.1, -0.05) is 0 Å². The fourth-order valence-electron chi connectivity index (χ4n) is 3.88. The molecule has 0 aliphatic heterocycles. The molecule has 0 bridgehead atoms. The summed E-state index contributed by atoms with van der Waals surface area (Å²) in [6.45, 7) is 7.31. The lowest BCUT2D eigenvalue weighted by Crippen LogP contribution is -2.27. The third kappa shape index (κ3) is 5.00. The molecule has 6 nitrogen and oxygen atoms in total. The van der Waals surface area contributed by atoms with Crippen molar-refractivity contribution in [2.75, 3.05) is 13.7 Å². The van der Waals surface area contributed by atoms with Gasteiger partial charge in [-0.25, -0.2) is 13.1 Å². The fourth-order valence-corrected chi connectivity index (χ4v) is 5.39. The molecular weight excluding hydrogens is 462 g/mol. The Morgan fingerprint density at radius 3 is 2.44 bits per heavy atom. The van der Waals surface area contributed by atoms with Crippen molar-refractivity contribution in [1.82, 2.24) is 9.71 Å². The van der Waals surface area contributed by atoms with E-state index in [2.05, 4.69) is 14.4 Å². The highest BCUT2D eigenvalue weighted by atomic mass is 35.5. The molecule has 0 atom stereocenters. The maximum Gasteiger partial charge on any atom is 0.487 e. The van der Waals surface area contributed by atoms with Crippen molar-refractivity contribution in [1.29, 1.82) is 0 Å². The van der Waals surface area contributed by atoms with Crippen LogP contribution in [0.1, 0.15) is 27.9 Å². The second kappa shape index (κ2) is 8.88. The Balaban J connectivity index is 1.83. The first-order valence-electron chi connectivity index (χ1n) is 9.85. The normalized spacial score (nSPS) is 12.4. The molecule has 0 saturated carbocycles. The van der Waals surface area contributed by atoms with Gasteiger partial charge in [0.25, 0.3) is 0 Å². The average Bonchev–Trinajstić information content (AvgIpc) is 2.98. The summed E-state index contributed by atoms with van der Waals surface area (Å²) in [6, 6.07) is 6.05. The summed E-state index contributed by atoms with van der Waals surface area (Å²) in [7, 11) is -2.22. The molecule has 0 spiro atoms. The lowest BCUT2D eigenvalue weighted by Gasteiger charge is -2.16. The third-order valence-corrected chi connectivity index (χ3v) is 7.13. The van der Waals surface area contributed by atoms with E-state index >= 15 is 0 Å². The number of hydrogen-bond acceptors (Lipinski definition) is 4. The number of sulfonamides is 1. The van der Waals surface area contributed by atoms with Crippen LogP contribution in [0.15, 0.2) is 29.2 Å². The van der Waals surface area contributed by atoms with Gasteiger partial charge in [0.1, 0.15) is 11.5 Å². The first-order valence-corrected chi connectivity index (χ1v) is 11.7. The van der Waals surface area contributed by atoms with Crippen LogP contribution in [0.2, 0.25) is 0 Å². The fraction of sp³-hybridized carbons (Fsp3) is 0.364. The molecule has 10 heteroatoms. The molecule has 0 amide bonds. The van der Waals surface area contributed by atoms with E-state index in [1.54, 1.807) is 33.1 Å². The third-order valence-electron chi connectivity index (χ3n) is 5.46. The SMILES string of the molecule is COc1c(C)cc(S(=O)(=O)NCCc2c(C)[nH]c3ccc(OC(F)(F)Cl)cc23)c(C)c1C. The molecule has 0 radical (unpaired) electrons. The number of aromatic nitrogens is 1. The summed E-state index contributed by atoms with van der Waals surface area (Å²) in [5.41, 5.74) is 0.624. The highest BCUT2D eigenvalue weighted by molar-refractivity contribution is 7.89. The van der Waals surface area contributed by atoms with E-state index in [9.17, 15) is 17.2 Å². The first kappa shape index (κ1) is 24.3. The molecule has 0 fully saturated rings. The summed E-state index contributed by atoms with van der Waals surface area (Å²) >= 11 is 4.86. The van der Waals surface area contributed by atoms with Crippen molar-refractivity contribution in [2.24, 2.45) is 0 Å². The second-order valence-electron chi connectivity index (χ2n) is 7.61. The predicted molar refractivity (Wildman–Crippen MR) is 121 cm³/mol. The van der Waals surface area contributed by atoms with Crippen molar-refractivity contribution in [3.63, 3.8) is 0 Å². The number of nitrogens with one attached hydrogen (secondary N) is 2. The maximum atomic E-state index is 13.0. The number of alkyl halides is 3. The Labute approximate surface area is 190 Å². The zero-order chi connectivity index (χ0) is 23.8. The highest BCUT2D eigenvalue weighted by Crippen LogP contribution is 2.32. The lowest BCUT2D eigenvalue weighted by molar-refractivity contribution is -0.0964. The second-order valence-corrected chi connectivity index (χ2v) is 9.78. The Hall–Kier alpha value is -2.36. The topological polar surface area (TPSA) is 80.4 Å². The molecule has 0 saturated heterocycles. The number of ether oxygens (including phenoxy) is 2. The van der Waals surface area contributed by atoms with Gasteiger partial charge in [0.05, 0.1) is 12.0 Å². The number of methoxy groups -OCH3 is 1. The van der Waals surface area contributed by atoms with Gasteiger partial charge >= 0.3 is 5.57 Å². The molecule has 3 aromatic rings. The minimum Gasteiger partial charge on any atom is -0.496 e. The molecule has 32 heavy (non-hydrogen) atoms. The van der Waals surface area contributed by atoms with E-state index in [1.165, 1.54) is 12.1 Å². The van der Waals surface area contributed by atoms with Crippen LogP contribution in [0.5, 0.6) is 11.5 Å². The van der Waals surface area contributed by atoms with Crippen molar-refractivity contribution < 1.29 is 26.7 Å². The molecule has 0 unspecified atom stereocenters. The highest BCUT2D eigenvalue weighted by Gasteiger charge is 2.28. The average molecular weight is 487 g/mol. The van der Waals surface area contributed by atoms with Crippen LogP contribution in [0.25, 0.3) is 10.9 Å². The molecule has 1 heterocycles. The molecule has 2 aromatic carbocycles. The van der Waals surface area contributed by atoms with E-state index in [0.717, 1.165) is 27.9 Å². The molecule has 3 rings (SSSR count). The van der Waals surface area contributed by atoms with Crippen LogP contribution < -0.4 is 14.2 Å². The number of benzene rings is 2. The van der Waals surface area contributed by atoms with Crippen LogP contribution in [0, 0.1) is 27.7 Å². The van der Waals surface area contributed by atoms with Crippen LogP contribution >= 0.6 is 11.6 Å². The summed E-state index contributed by atoms with van der Waals surface area (Å²) < 4.78 is 64.4. The smallest absolute Gasteiger partial charge is 0.487 e. The number of fused-ring (bicyclic) bond motifs is 1. The summed E-state index contributed by atoms with van der Waals surface area (Å²) in [5, 5.41) is 0.660. The van der Waals surface area contributed by atoms with Crippen LogP contribution in [0.4, 0.5) is 8.78 Å². The van der Waals surface area contributed by atoms with E-state index in [0.29, 0.717) is 23.1 Å². The number of aromatic amines is 1. The largest absolute Gasteiger partial charge is 0.496 e. The Bertz CT molecular complexity index is 1270. The molecule has 0 aliphatic rings. The van der Waals surface area contributed by atoms with Gasteiger partial charge in [0.2, 0.25) is 10.0 Å². The van der Waals surface area contributed by atoms with Gasteiger partial charge in [-0.3, -0.25) is 0 Å². The zero-order valence-corrected chi connectivity index (χ0v) is 20.0. The van der Waals surface area contributed by atoms with E-state index in [4.69, 9.17) is 16.3 Å². The van der Waals surface area contributed by atoms with Crippen molar-refractivity contribution >= 4 is 32.5 Å². The van der Waals surface area contributed by atoms with Gasteiger partial charge in [-0.15, -0.1) is 8.78 Å². The lowest BCUT2D eigenvalue weighted by atomic mass is 10.1. The number of aryl methyl sites for hydroxylation is 2. The molecular formula is C22H25ClF2N2O4S. The first-order chi connectivity index (χ1) is 14.8. The maximum absolute atomic E-state index is 13.0. The van der Waals surface area contributed by atoms with Gasteiger partial charge in [-0.2, -0.15) is 0 Å². The Kier molecular flexibility index (Phi) is 6.74. The summed E-state index contributed by atoms with van der Waals surface area (Å²) in [5.74, 6) is 0.578. The zero-order valence-electron chi connectivity index (χ0n) is 18.4. The van der Waals surface area contributed by atoms with Crippen molar-refractivity contribution in [3.8, 4) is 11.5 Å². The minimum atomic E-state index is -3.82. The Morgan fingerprint density at radius 1 is 1.12 bits per heavy atom. The Morgan fingerprint density at radius 2 is 1.81 bits per heavy atom. The number of hydrogen-bond donors (Lipinski definition) is 2. The van der Waals surface area contributed by atoms with Gasteiger partial charge in [0, 0.05) is 34.7 Å². The number of halogens is 3. The summed E-state index contributed by atoms with van der Waals surface area (Å²) in [6.07, 6.45) is 0.346. The van der Waals surface area contributed by atoms with E-state index < -0.39 is 15.6 Å². The number of rotatable bonds is 8. The van der Waals surface area contributed by atoms with Crippen LogP contribution in [0.3, 0.4) is 0 Å². The van der Waals surface area contributed by atoms with E-state index in [1.807, 2.05) is 13.8 Å². The number of H-pyrrole nitrogens is 1. The van der Waals surface area contributed by atoms with Gasteiger partial charge < -0.3 is 14.5 Å². The monoisotopic (exact) mass is 486 g/mol. The quantitative estimate of drug-likeness (QED) is 0.434. The van der Waals surface area contributed by atoms with E-state index in [-0.39, 0.29) is 17.2 Å². The molecule has 0 aliphatic carbocycles. The van der Waals surface area contributed by atoms with Crippen molar-refractivity contribution in [2.45, 2.75) is 44.6 Å². The standard InChI is InChI=1S/C22H25ClF2N2O4S/c1-12-10-20(13(2)14(3)21(12)30-5)32(28,29)26-9-8-17-15(4)27-19-7-6-16(11-18(17)19)31-22(23,24)25/h6-7,10-11,26-27H,8-9H2,1-5H3. The van der Waals surface area contributed by atoms with Crippen molar-refractivity contribution in [3.05, 3.63) is 52.2 Å². The summed E-state index contributed by atoms with van der Waals surface area (Å²) in [4.78, 5) is 3.36. The molecule has 1 aromatic heterocycles. The predicted octanol–water partition coefficient (Wildman–Crippen LogP) is 5.10. The molecule has 2 N–H and O–H groups in total. The minimum absolute atomic E-state index is 0.0851. The molecule has 174 valence electrons. The van der Waals surface area contributed by atoms with Crippen LogP contribution in [-0.4, -0.2) is 32.6 Å². The van der Waals surface area contributed by atoms with Crippen LogP contribution in [-0.2, 0) is 16.4 Å². The van der Waals surface area contributed by atoms with Gasteiger partial charge in [-0.05, 0) is 80.6 Å². The van der Waals surface area contributed by atoms with Gasteiger partial charge in [0.15, 0.2) is 0 Å².